The third kappa shape index (κ3) is 4.20. The number of carbonyl (C=O) groups is 1. The van der Waals surface area contributed by atoms with E-state index in [4.69, 9.17) is 0 Å². The van der Waals surface area contributed by atoms with E-state index in [1.165, 1.54) is 10.7 Å². The molecule has 0 spiro atoms. The van der Waals surface area contributed by atoms with Gasteiger partial charge in [-0.3, -0.25) is 0 Å². The van der Waals surface area contributed by atoms with Gasteiger partial charge in [-0.1, -0.05) is 15.9 Å². The van der Waals surface area contributed by atoms with Gasteiger partial charge in [-0.2, -0.15) is 4.31 Å². The Morgan fingerprint density at radius 3 is 2.12 bits per heavy atom. The normalized spacial score (nSPS) is 19.9. The predicted octanol–water partition coefficient (Wildman–Crippen LogP) is 3.12. The van der Waals surface area contributed by atoms with Crippen molar-refractivity contribution in [2.75, 3.05) is 39.3 Å². The average Bonchev–Trinajstić information content (AvgIpc) is 2.64. The van der Waals surface area contributed by atoms with Crippen molar-refractivity contribution in [1.82, 2.24) is 14.1 Å². The molecule has 0 saturated carbocycles. The number of nitrogens with zero attached hydrogens (tertiary/aromatic N) is 3. The second kappa shape index (κ2) is 7.94. The van der Waals surface area contributed by atoms with Gasteiger partial charge in [0.25, 0.3) is 0 Å². The van der Waals surface area contributed by atoms with Gasteiger partial charge in [0.1, 0.15) is 0 Å². The zero-order valence-corrected chi connectivity index (χ0v) is 17.8. The topological polar surface area (TPSA) is 60.9 Å². The second-order valence-corrected chi connectivity index (χ2v) is 9.97. The van der Waals surface area contributed by atoms with Crippen LogP contribution in [0.3, 0.4) is 0 Å². The maximum Gasteiger partial charge on any atom is 0.320 e. The number of urea groups is 1. The van der Waals surface area contributed by atoms with Crippen LogP contribution in [0.15, 0.2) is 32.0 Å². The molecule has 1 aromatic carbocycles. The van der Waals surface area contributed by atoms with E-state index in [9.17, 15) is 13.2 Å². The fourth-order valence-electron chi connectivity index (χ4n) is 3.22. The SMILES string of the molecule is O=C(N1CCCCC1)N1CCN(S(=O)(=O)c2cc(Br)ccc2Br)CC1. The van der Waals surface area contributed by atoms with Crippen LogP contribution in [0.5, 0.6) is 0 Å². The molecule has 2 aliphatic heterocycles. The van der Waals surface area contributed by atoms with Crippen LogP contribution in [0.25, 0.3) is 0 Å². The largest absolute Gasteiger partial charge is 0.325 e. The van der Waals surface area contributed by atoms with Crippen LogP contribution in [0.1, 0.15) is 19.3 Å². The monoisotopic (exact) mass is 493 g/mol. The summed E-state index contributed by atoms with van der Waals surface area (Å²) in [6.07, 6.45) is 3.28. The summed E-state index contributed by atoms with van der Waals surface area (Å²) < 4.78 is 28.5. The second-order valence-electron chi connectivity index (χ2n) is 6.30. The Morgan fingerprint density at radius 1 is 0.880 bits per heavy atom. The van der Waals surface area contributed by atoms with Gasteiger partial charge in [-0.05, 0) is 53.4 Å². The van der Waals surface area contributed by atoms with Gasteiger partial charge in [0.15, 0.2) is 0 Å². The Balaban J connectivity index is 1.67. The van der Waals surface area contributed by atoms with E-state index in [2.05, 4.69) is 31.9 Å². The number of piperazine rings is 1. The number of hydrogen-bond donors (Lipinski definition) is 0. The number of rotatable bonds is 2. The molecule has 1 aromatic rings. The van der Waals surface area contributed by atoms with Crippen molar-refractivity contribution in [3.8, 4) is 0 Å². The molecular weight excluding hydrogens is 474 g/mol. The van der Waals surface area contributed by atoms with Crippen molar-refractivity contribution < 1.29 is 13.2 Å². The molecule has 2 heterocycles. The zero-order valence-electron chi connectivity index (χ0n) is 13.8. The summed E-state index contributed by atoms with van der Waals surface area (Å²) in [6, 6.07) is 5.15. The van der Waals surface area contributed by atoms with E-state index in [0.717, 1.165) is 25.9 Å². The molecule has 0 radical (unpaired) electrons. The highest BCUT2D eigenvalue weighted by Gasteiger charge is 2.33. The first-order chi connectivity index (χ1) is 11.9. The summed E-state index contributed by atoms with van der Waals surface area (Å²) in [5.74, 6) is 0. The number of benzene rings is 1. The summed E-state index contributed by atoms with van der Waals surface area (Å²) in [4.78, 5) is 16.5. The maximum absolute atomic E-state index is 12.9. The van der Waals surface area contributed by atoms with E-state index in [1.807, 2.05) is 4.90 Å². The van der Waals surface area contributed by atoms with Crippen LogP contribution in [0, 0.1) is 0 Å². The van der Waals surface area contributed by atoms with Crippen molar-refractivity contribution in [2.24, 2.45) is 0 Å². The highest BCUT2D eigenvalue weighted by Crippen LogP contribution is 2.29. The summed E-state index contributed by atoms with van der Waals surface area (Å²) in [5, 5.41) is 0. The lowest BCUT2D eigenvalue weighted by Crippen LogP contribution is -2.54. The molecule has 6 nitrogen and oxygen atoms in total. The Kier molecular flexibility index (Phi) is 6.07. The molecule has 138 valence electrons. The molecule has 0 aromatic heterocycles. The molecule has 0 bridgehead atoms. The number of sulfonamides is 1. The first-order valence-corrected chi connectivity index (χ1v) is 11.4. The van der Waals surface area contributed by atoms with Crippen LogP contribution >= 0.6 is 31.9 Å². The predicted molar refractivity (Wildman–Crippen MR) is 103 cm³/mol. The smallest absolute Gasteiger partial charge is 0.320 e. The Labute approximate surface area is 165 Å². The Morgan fingerprint density at radius 2 is 1.48 bits per heavy atom. The highest BCUT2D eigenvalue weighted by molar-refractivity contribution is 9.11. The molecule has 3 rings (SSSR count). The Hall–Kier alpha value is -0.640. The lowest BCUT2D eigenvalue weighted by molar-refractivity contribution is 0.126. The minimum absolute atomic E-state index is 0.0420. The third-order valence-electron chi connectivity index (χ3n) is 4.65. The van der Waals surface area contributed by atoms with Crippen LogP contribution in [-0.4, -0.2) is 67.8 Å². The van der Waals surface area contributed by atoms with E-state index in [-0.39, 0.29) is 10.9 Å². The lowest BCUT2D eigenvalue weighted by atomic mass is 10.1. The number of halogens is 2. The van der Waals surface area contributed by atoms with Crippen molar-refractivity contribution in [3.05, 3.63) is 27.1 Å². The molecule has 0 aliphatic carbocycles. The van der Waals surface area contributed by atoms with Crippen LogP contribution in [-0.2, 0) is 10.0 Å². The van der Waals surface area contributed by atoms with Crippen molar-refractivity contribution >= 4 is 47.9 Å². The number of amides is 2. The molecule has 2 aliphatic rings. The van der Waals surface area contributed by atoms with Gasteiger partial charge in [-0.15, -0.1) is 0 Å². The highest BCUT2D eigenvalue weighted by atomic mass is 79.9. The molecule has 0 N–H and O–H groups in total. The van der Waals surface area contributed by atoms with E-state index in [0.29, 0.717) is 35.1 Å². The fraction of sp³-hybridized carbons (Fsp3) is 0.562. The fourth-order valence-corrected chi connectivity index (χ4v) is 6.10. The third-order valence-corrected chi connectivity index (χ3v) is 8.03. The van der Waals surface area contributed by atoms with Gasteiger partial charge < -0.3 is 9.80 Å². The summed E-state index contributed by atoms with van der Waals surface area (Å²) in [5.41, 5.74) is 0. The van der Waals surface area contributed by atoms with Gasteiger partial charge in [0, 0.05) is 48.2 Å². The summed E-state index contributed by atoms with van der Waals surface area (Å²) in [6.45, 7) is 3.12. The summed E-state index contributed by atoms with van der Waals surface area (Å²) >= 11 is 6.65. The zero-order chi connectivity index (χ0) is 18.0. The van der Waals surface area contributed by atoms with Crippen molar-refractivity contribution in [3.63, 3.8) is 0 Å². The molecule has 2 amide bonds. The van der Waals surface area contributed by atoms with E-state index >= 15 is 0 Å². The molecule has 2 fully saturated rings. The van der Waals surface area contributed by atoms with E-state index < -0.39 is 10.0 Å². The molecule has 25 heavy (non-hydrogen) atoms. The quantitative estimate of drug-likeness (QED) is 0.634. The van der Waals surface area contributed by atoms with Crippen molar-refractivity contribution in [1.29, 1.82) is 0 Å². The van der Waals surface area contributed by atoms with Crippen LogP contribution in [0.2, 0.25) is 0 Å². The number of likely N-dealkylation sites (tertiary alicyclic amines) is 1. The minimum Gasteiger partial charge on any atom is -0.325 e. The van der Waals surface area contributed by atoms with Crippen molar-refractivity contribution in [2.45, 2.75) is 24.2 Å². The number of carbonyl (C=O) groups excluding carboxylic acids is 1. The van der Waals surface area contributed by atoms with Crippen LogP contribution in [0.4, 0.5) is 4.79 Å². The molecule has 2 saturated heterocycles. The first kappa shape index (κ1) is 19.1. The number of piperidine rings is 1. The Bertz CT molecular complexity index is 743. The van der Waals surface area contributed by atoms with Gasteiger partial charge in [-0.25, -0.2) is 13.2 Å². The molecule has 0 atom stereocenters. The van der Waals surface area contributed by atoms with Crippen LogP contribution < -0.4 is 0 Å². The van der Waals surface area contributed by atoms with E-state index in [1.54, 1.807) is 23.1 Å². The molecule has 9 heteroatoms. The van der Waals surface area contributed by atoms with Gasteiger partial charge in [0.05, 0.1) is 4.90 Å². The number of hydrogen-bond acceptors (Lipinski definition) is 3. The molecular formula is C16H21Br2N3O3S. The minimum atomic E-state index is -3.58. The molecule has 0 unspecified atom stereocenters. The lowest BCUT2D eigenvalue weighted by Gasteiger charge is -2.38. The van der Waals surface area contributed by atoms with Gasteiger partial charge in [0.2, 0.25) is 10.0 Å². The average molecular weight is 495 g/mol. The van der Waals surface area contributed by atoms with Gasteiger partial charge >= 0.3 is 6.03 Å². The maximum atomic E-state index is 12.9. The first-order valence-electron chi connectivity index (χ1n) is 8.38. The summed E-state index contributed by atoms with van der Waals surface area (Å²) in [7, 11) is -3.58. The standard InChI is InChI=1S/C16H21Br2N3O3S/c17-13-4-5-14(18)15(12-13)25(23,24)21-10-8-20(9-11-21)16(22)19-6-2-1-3-7-19/h4-5,12H,1-3,6-11H2.